The summed E-state index contributed by atoms with van der Waals surface area (Å²) in [5.74, 6) is 2.13. The fraction of sp³-hybridized carbons (Fsp3) is 0.524. The minimum atomic E-state index is 0.259. The predicted molar refractivity (Wildman–Crippen MR) is 111 cm³/mol. The fourth-order valence-electron chi connectivity index (χ4n) is 3.96. The number of aliphatic imine (C=N–C) groups is 1. The van der Waals surface area contributed by atoms with Gasteiger partial charge in [-0.05, 0) is 30.9 Å². The maximum atomic E-state index is 11.9. The molecular weight excluding hydrogens is 366 g/mol. The van der Waals surface area contributed by atoms with Crippen LogP contribution in [0.1, 0.15) is 43.1 Å². The fourth-order valence-corrected chi connectivity index (χ4v) is 3.96. The summed E-state index contributed by atoms with van der Waals surface area (Å²) < 4.78 is 1.97. The molecule has 0 radical (unpaired) electrons. The number of guanidine groups is 1. The van der Waals surface area contributed by atoms with Crippen molar-refractivity contribution in [3.63, 3.8) is 0 Å². The Balaban J connectivity index is 1.37. The summed E-state index contributed by atoms with van der Waals surface area (Å²) >= 11 is 0. The van der Waals surface area contributed by atoms with Gasteiger partial charge in [0.15, 0.2) is 5.96 Å². The minimum absolute atomic E-state index is 0.259. The van der Waals surface area contributed by atoms with Gasteiger partial charge < -0.3 is 15.5 Å². The van der Waals surface area contributed by atoms with Crippen LogP contribution >= 0.6 is 0 Å². The van der Waals surface area contributed by atoms with Gasteiger partial charge in [0.2, 0.25) is 5.91 Å². The van der Waals surface area contributed by atoms with Crippen LogP contribution in [0.5, 0.6) is 0 Å². The average molecular weight is 396 g/mol. The Labute approximate surface area is 171 Å². The number of fused-ring (bicyclic) bond motifs is 1. The normalized spacial score (nSPS) is 19.3. The minimum Gasteiger partial charge on any atom is -0.357 e. The number of carbonyl (C=O) groups excluding carboxylic acids is 1. The Morgan fingerprint density at radius 3 is 3.03 bits per heavy atom. The number of hydrogen-bond acceptors (Lipinski definition) is 4. The SMILES string of the molecule is CCNC(=NCc1cccc(CN2CCCC2=O)c1)NC1CCc2ncnn2C1. The molecule has 1 aromatic carbocycles. The Morgan fingerprint density at radius 2 is 2.21 bits per heavy atom. The quantitative estimate of drug-likeness (QED) is 0.571. The van der Waals surface area contributed by atoms with Crippen molar-refractivity contribution >= 4 is 11.9 Å². The third-order valence-corrected chi connectivity index (χ3v) is 5.45. The van der Waals surface area contributed by atoms with E-state index >= 15 is 0 Å². The molecule has 29 heavy (non-hydrogen) atoms. The number of hydrogen-bond donors (Lipinski definition) is 2. The zero-order valence-corrected chi connectivity index (χ0v) is 17.0. The Hall–Kier alpha value is -2.90. The molecule has 1 unspecified atom stereocenters. The first kappa shape index (κ1) is 19.4. The number of aromatic nitrogens is 3. The lowest BCUT2D eigenvalue weighted by Crippen LogP contribution is -2.47. The van der Waals surface area contributed by atoms with Crippen LogP contribution < -0.4 is 10.6 Å². The van der Waals surface area contributed by atoms with Crippen molar-refractivity contribution in [2.45, 2.75) is 58.3 Å². The van der Waals surface area contributed by atoms with Crippen LogP contribution in [0.15, 0.2) is 35.6 Å². The third kappa shape index (κ3) is 4.93. The van der Waals surface area contributed by atoms with E-state index in [0.29, 0.717) is 19.5 Å². The molecule has 8 nitrogen and oxygen atoms in total. The van der Waals surface area contributed by atoms with Crippen LogP contribution in [0.25, 0.3) is 0 Å². The van der Waals surface area contributed by atoms with E-state index in [-0.39, 0.29) is 11.9 Å². The standard InChI is InChI=1S/C21H29N7O/c1-2-22-21(26-18-8-9-19-24-15-25-28(19)14-18)23-12-16-5-3-6-17(11-16)13-27-10-4-7-20(27)29/h3,5-6,11,15,18H,2,4,7-10,12-14H2,1H3,(H2,22,23,26). The molecule has 2 aromatic rings. The van der Waals surface area contributed by atoms with E-state index in [9.17, 15) is 4.79 Å². The van der Waals surface area contributed by atoms with Crippen LogP contribution in [0, 0.1) is 0 Å². The van der Waals surface area contributed by atoms with Gasteiger partial charge in [0.25, 0.3) is 0 Å². The van der Waals surface area contributed by atoms with Crippen LogP contribution in [0.2, 0.25) is 0 Å². The molecule has 0 spiro atoms. The molecule has 4 rings (SSSR count). The number of rotatable bonds is 6. The van der Waals surface area contributed by atoms with Crippen molar-refractivity contribution in [2.24, 2.45) is 4.99 Å². The van der Waals surface area contributed by atoms with Gasteiger partial charge in [-0.1, -0.05) is 24.3 Å². The van der Waals surface area contributed by atoms with Gasteiger partial charge in [-0.15, -0.1) is 0 Å². The third-order valence-electron chi connectivity index (χ3n) is 5.45. The molecule has 1 atom stereocenters. The largest absolute Gasteiger partial charge is 0.357 e. The lowest BCUT2D eigenvalue weighted by molar-refractivity contribution is -0.128. The average Bonchev–Trinajstić information content (AvgIpc) is 3.35. The Morgan fingerprint density at radius 1 is 1.31 bits per heavy atom. The van der Waals surface area contributed by atoms with Crippen molar-refractivity contribution in [1.29, 1.82) is 0 Å². The maximum Gasteiger partial charge on any atom is 0.222 e. The second-order valence-corrected chi connectivity index (χ2v) is 7.67. The van der Waals surface area contributed by atoms with Crippen LogP contribution in [0.4, 0.5) is 0 Å². The highest BCUT2D eigenvalue weighted by molar-refractivity contribution is 5.80. The summed E-state index contributed by atoms with van der Waals surface area (Å²) in [7, 11) is 0. The number of aryl methyl sites for hydroxylation is 1. The number of likely N-dealkylation sites (tertiary alicyclic amines) is 1. The topological polar surface area (TPSA) is 87.4 Å². The molecule has 2 N–H and O–H groups in total. The maximum absolute atomic E-state index is 11.9. The van der Waals surface area contributed by atoms with E-state index in [4.69, 9.17) is 4.99 Å². The zero-order chi connectivity index (χ0) is 20.1. The van der Waals surface area contributed by atoms with E-state index in [2.05, 4.69) is 51.9 Å². The Bertz CT molecular complexity index is 875. The van der Waals surface area contributed by atoms with Crippen molar-refractivity contribution < 1.29 is 4.79 Å². The van der Waals surface area contributed by atoms with Crippen molar-refractivity contribution in [3.8, 4) is 0 Å². The van der Waals surface area contributed by atoms with Crippen molar-refractivity contribution in [3.05, 3.63) is 47.5 Å². The monoisotopic (exact) mass is 395 g/mol. The number of nitrogens with one attached hydrogen (secondary N) is 2. The van der Waals surface area contributed by atoms with Gasteiger partial charge in [-0.2, -0.15) is 5.10 Å². The van der Waals surface area contributed by atoms with E-state index < -0.39 is 0 Å². The molecule has 1 amide bonds. The first-order valence-corrected chi connectivity index (χ1v) is 10.5. The number of carbonyl (C=O) groups is 1. The summed E-state index contributed by atoms with van der Waals surface area (Å²) in [6, 6.07) is 8.66. The number of nitrogens with zero attached hydrogens (tertiary/aromatic N) is 5. The van der Waals surface area contributed by atoms with Gasteiger partial charge in [0.1, 0.15) is 12.2 Å². The van der Waals surface area contributed by atoms with Gasteiger partial charge in [0, 0.05) is 38.5 Å². The Kier molecular flexibility index (Phi) is 6.07. The van der Waals surface area contributed by atoms with Gasteiger partial charge in [0.05, 0.1) is 13.1 Å². The number of amides is 1. The summed E-state index contributed by atoms with van der Waals surface area (Å²) in [5.41, 5.74) is 2.31. The molecule has 0 aliphatic carbocycles. The smallest absolute Gasteiger partial charge is 0.222 e. The van der Waals surface area contributed by atoms with Crippen LogP contribution in [0.3, 0.4) is 0 Å². The molecular formula is C21H29N7O. The summed E-state index contributed by atoms with van der Waals surface area (Å²) in [5, 5.41) is 11.2. The molecule has 1 saturated heterocycles. The zero-order valence-electron chi connectivity index (χ0n) is 17.0. The lowest BCUT2D eigenvalue weighted by Gasteiger charge is -2.25. The molecule has 1 aromatic heterocycles. The first-order chi connectivity index (χ1) is 14.2. The summed E-state index contributed by atoms with van der Waals surface area (Å²) in [6.07, 6.45) is 5.22. The molecule has 0 saturated carbocycles. The highest BCUT2D eigenvalue weighted by atomic mass is 16.2. The van der Waals surface area contributed by atoms with Crippen LogP contribution in [-0.2, 0) is 30.8 Å². The molecule has 3 heterocycles. The van der Waals surface area contributed by atoms with E-state index in [1.54, 1.807) is 6.33 Å². The predicted octanol–water partition coefficient (Wildman–Crippen LogP) is 1.47. The second kappa shape index (κ2) is 9.07. The van der Waals surface area contributed by atoms with Gasteiger partial charge in [-0.25, -0.2) is 14.7 Å². The van der Waals surface area contributed by atoms with Crippen molar-refractivity contribution in [1.82, 2.24) is 30.3 Å². The molecule has 2 aliphatic heterocycles. The molecule has 8 heteroatoms. The van der Waals surface area contributed by atoms with Crippen LogP contribution in [-0.4, -0.2) is 50.7 Å². The molecule has 154 valence electrons. The van der Waals surface area contributed by atoms with E-state index in [0.717, 1.165) is 61.8 Å². The highest BCUT2D eigenvalue weighted by Gasteiger charge is 2.21. The lowest BCUT2D eigenvalue weighted by atomic mass is 10.1. The second-order valence-electron chi connectivity index (χ2n) is 7.67. The van der Waals surface area contributed by atoms with Crippen molar-refractivity contribution in [2.75, 3.05) is 13.1 Å². The molecule has 0 bridgehead atoms. The molecule has 1 fully saturated rings. The first-order valence-electron chi connectivity index (χ1n) is 10.5. The number of benzene rings is 1. The highest BCUT2D eigenvalue weighted by Crippen LogP contribution is 2.16. The van der Waals surface area contributed by atoms with Gasteiger partial charge in [-0.3, -0.25) is 4.79 Å². The molecule has 2 aliphatic rings. The van der Waals surface area contributed by atoms with E-state index in [1.807, 2.05) is 9.58 Å². The van der Waals surface area contributed by atoms with E-state index in [1.165, 1.54) is 0 Å². The van der Waals surface area contributed by atoms with Gasteiger partial charge >= 0.3 is 0 Å². The summed E-state index contributed by atoms with van der Waals surface area (Å²) in [6.45, 7) is 5.84. The summed E-state index contributed by atoms with van der Waals surface area (Å²) in [4.78, 5) is 22.9.